The summed E-state index contributed by atoms with van der Waals surface area (Å²) in [6.45, 7) is 3.58. The Morgan fingerprint density at radius 1 is 1.62 bits per heavy atom. The van der Waals surface area contributed by atoms with Crippen molar-refractivity contribution in [3.8, 4) is 0 Å². The molecular weight excluding hydrogens is 185 g/mol. The van der Waals surface area contributed by atoms with Gasteiger partial charge in [-0.15, -0.1) is 18.3 Å². The molecule has 1 rings (SSSR count). The van der Waals surface area contributed by atoms with Crippen molar-refractivity contribution < 1.29 is 4.39 Å². The highest BCUT2D eigenvalue weighted by molar-refractivity contribution is 7.99. The van der Waals surface area contributed by atoms with Crippen LogP contribution < -0.4 is 5.73 Å². The molecule has 13 heavy (non-hydrogen) atoms. The van der Waals surface area contributed by atoms with Gasteiger partial charge in [-0.3, -0.25) is 0 Å². The summed E-state index contributed by atoms with van der Waals surface area (Å²) in [7, 11) is 0. The fourth-order valence-corrected chi connectivity index (χ4v) is 1.71. The first-order valence-electron chi connectivity index (χ1n) is 3.99. The molecule has 2 N–H and O–H groups in total. The van der Waals surface area contributed by atoms with Gasteiger partial charge in [0.15, 0.2) is 0 Å². The molecular formula is C10H12FNS. The van der Waals surface area contributed by atoms with E-state index in [4.69, 9.17) is 5.73 Å². The predicted molar refractivity (Wildman–Crippen MR) is 55.3 cm³/mol. The minimum Gasteiger partial charge on any atom is -0.324 e. The normalized spacial score (nSPS) is 12.5. The van der Waals surface area contributed by atoms with E-state index >= 15 is 0 Å². The van der Waals surface area contributed by atoms with E-state index in [1.165, 1.54) is 23.9 Å². The Morgan fingerprint density at radius 3 is 3.00 bits per heavy atom. The zero-order chi connectivity index (χ0) is 9.68. The van der Waals surface area contributed by atoms with Gasteiger partial charge in [0.1, 0.15) is 5.82 Å². The maximum absolute atomic E-state index is 12.7. The second-order valence-electron chi connectivity index (χ2n) is 2.67. The average molecular weight is 197 g/mol. The molecule has 3 heteroatoms. The molecule has 0 amide bonds. The summed E-state index contributed by atoms with van der Waals surface area (Å²) in [5.41, 5.74) is 5.63. The minimum absolute atomic E-state index is 0.0340. The standard InChI is InChI=1S/C10H12FNS/c1-2-9(12)7-13-10-5-3-4-8(11)6-10/h2-6,9H,1,7,12H2. The van der Waals surface area contributed by atoms with Crippen molar-refractivity contribution in [3.63, 3.8) is 0 Å². The van der Waals surface area contributed by atoms with Crippen molar-refractivity contribution in [3.05, 3.63) is 42.7 Å². The third-order valence-corrected chi connectivity index (χ3v) is 2.68. The molecule has 0 saturated heterocycles. The summed E-state index contributed by atoms with van der Waals surface area (Å²) in [5.74, 6) is 0.518. The molecule has 0 aliphatic carbocycles. The van der Waals surface area contributed by atoms with E-state index in [-0.39, 0.29) is 11.9 Å². The summed E-state index contributed by atoms with van der Waals surface area (Å²) in [6.07, 6.45) is 1.69. The lowest BCUT2D eigenvalue weighted by Crippen LogP contribution is -2.18. The number of hydrogen-bond acceptors (Lipinski definition) is 2. The molecule has 0 saturated carbocycles. The molecule has 70 valence electrons. The van der Waals surface area contributed by atoms with Gasteiger partial charge in [0.05, 0.1) is 0 Å². The van der Waals surface area contributed by atoms with Crippen LogP contribution in [0.25, 0.3) is 0 Å². The van der Waals surface area contributed by atoms with Crippen LogP contribution in [0.2, 0.25) is 0 Å². The first kappa shape index (κ1) is 10.3. The van der Waals surface area contributed by atoms with E-state index in [0.29, 0.717) is 0 Å². The molecule has 1 nitrogen and oxygen atoms in total. The number of thioether (sulfide) groups is 1. The number of rotatable bonds is 4. The lowest BCUT2D eigenvalue weighted by Gasteiger charge is -2.05. The van der Waals surface area contributed by atoms with Gasteiger partial charge in [0.2, 0.25) is 0 Å². The first-order valence-corrected chi connectivity index (χ1v) is 4.97. The molecule has 0 aromatic heterocycles. The van der Waals surface area contributed by atoms with E-state index < -0.39 is 0 Å². The van der Waals surface area contributed by atoms with Gasteiger partial charge in [0.25, 0.3) is 0 Å². The summed E-state index contributed by atoms with van der Waals surface area (Å²) < 4.78 is 12.7. The fourth-order valence-electron chi connectivity index (χ4n) is 0.817. The zero-order valence-corrected chi connectivity index (χ0v) is 8.06. The lowest BCUT2D eigenvalue weighted by molar-refractivity contribution is 0.624. The quantitative estimate of drug-likeness (QED) is 0.592. The molecule has 0 fully saturated rings. The number of benzene rings is 1. The minimum atomic E-state index is -0.211. The monoisotopic (exact) mass is 197 g/mol. The van der Waals surface area contributed by atoms with Crippen LogP contribution in [0.1, 0.15) is 0 Å². The summed E-state index contributed by atoms with van der Waals surface area (Å²) in [5, 5.41) is 0. The van der Waals surface area contributed by atoms with E-state index in [1.54, 1.807) is 12.1 Å². The van der Waals surface area contributed by atoms with E-state index in [2.05, 4.69) is 6.58 Å². The van der Waals surface area contributed by atoms with Crippen LogP contribution in [0, 0.1) is 5.82 Å². The van der Waals surface area contributed by atoms with Crippen LogP contribution in [-0.2, 0) is 0 Å². The van der Waals surface area contributed by atoms with Gasteiger partial charge in [0, 0.05) is 16.7 Å². The molecule has 1 aromatic rings. The molecule has 1 aromatic carbocycles. The van der Waals surface area contributed by atoms with Gasteiger partial charge in [-0.1, -0.05) is 12.1 Å². The molecule has 1 atom stereocenters. The van der Waals surface area contributed by atoms with Gasteiger partial charge in [-0.2, -0.15) is 0 Å². The SMILES string of the molecule is C=CC(N)CSc1cccc(F)c1. The van der Waals surface area contributed by atoms with Gasteiger partial charge in [-0.25, -0.2) is 4.39 Å². The molecule has 1 unspecified atom stereocenters. The van der Waals surface area contributed by atoms with Crippen molar-refractivity contribution in [2.45, 2.75) is 10.9 Å². The predicted octanol–water partition coefficient (Wildman–Crippen LogP) is 2.43. The smallest absolute Gasteiger partial charge is 0.124 e. The van der Waals surface area contributed by atoms with Crippen LogP contribution in [-0.4, -0.2) is 11.8 Å². The van der Waals surface area contributed by atoms with E-state index in [0.717, 1.165) is 10.6 Å². The third kappa shape index (κ3) is 3.61. The molecule has 0 bridgehead atoms. The maximum atomic E-state index is 12.7. The fraction of sp³-hybridized carbons (Fsp3) is 0.200. The third-order valence-electron chi connectivity index (χ3n) is 1.54. The average Bonchev–Trinajstić information content (AvgIpc) is 2.14. The van der Waals surface area contributed by atoms with Crippen molar-refractivity contribution >= 4 is 11.8 Å². The van der Waals surface area contributed by atoms with E-state index in [1.807, 2.05) is 6.07 Å². The molecule has 0 spiro atoms. The van der Waals surface area contributed by atoms with Gasteiger partial charge in [-0.05, 0) is 18.2 Å². The van der Waals surface area contributed by atoms with Crippen LogP contribution in [0.5, 0.6) is 0 Å². The number of hydrogen-bond donors (Lipinski definition) is 1. The number of halogens is 1. The Bertz CT molecular complexity index is 288. The van der Waals surface area contributed by atoms with Crippen molar-refractivity contribution in [2.24, 2.45) is 5.73 Å². The molecule has 0 aliphatic heterocycles. The highest BCUT2D eigenvalue weighted by Gasteiger charge is 1.99. The lowest BCUT2D eigenvalue weighted by atomic mass is 10.3. The van der Waals surface area contributed by atoms with Crippen molar-refractivity contribution in [1.29, 1.82) is 0 Å². The first-order chi connectivity index (χ1) is 6.22. The summed E-state index contributed by atoms with van der Waals surface area (Å²) >= 11 is 1.53. The Balaban J connectivity index is 2.49. The Labute approximate surface area is 81.8 Å². The van der Waals surface area contributed by atoms with Crippen molar-refractivity contribution in [1.82, 2.24) is 0 Å². The van der Waals surface area contributed by atoms with Crippen LogP contribution in [0.15, 0.2) is 41.8 Å². The highest BCUT2D eigenvalue weighted by atomic mass is 32.2. The second kappa shape index (κ2) is 5.04. The molecule has 0 radical (unpaired) electrons. The van der Waals surface area contributed by atoms with Gasteiger partial charge >= 0.3 is 0 Å². The second-order valence-corrected chi connectivity index (χ2v) is 3.76. The summed E-state index contributed by atoms with van der Waals surface area (Å²) in [6, 6.07) is 6.45. The Kier molecular flexibility index (Phi) is 3.99. The van der Waals surface area contributed by atoms with Crippen LogP contribution in [0.4, 0.5) is 4.39 Å². The molecule has 0 heterocycles. The van der Waals surface area contributed by atoms with Crippen LogP contribution in [0.3, 0.4) is 0 Å². The Morgan fingerprint density at radius 2 is 2.38 bits per heavy atom. The van der Waals surface area contributed by atoms with Gasteiger partial charge < -0.3 is 5.73 Å². The highest BCUT2D eigenvalue weighted by Crippen LogP contribution is 2.18. The summed E-state index contributed by atoms with van der Waals surface area (Å²) in [4.78, 5) is 0.900. The van der Waals surface area contributed by atoms with Crippen LogP contribution >= 0.6 is 11.8 Å². The van der Waals surface area contributed by atoms with Crippen molar-refractivity contribution in [2.75, 3.05) is 5.75 Å². The molecule has 0 aliphatic rings. The topological polar surface area (TPSA) is 26.0 Å². The number of nitrogens with two attached hydrogens (primary N) is 1. The largest absolute Gasteiger partial charge is 0.324 e. The zero-order valence-electron chi connectivity index (χ0n) is 7.24. The maximum Gasteiger partial charge on any atom is 0.124 e. The Hall–Kier alpha value is -0.800. The van der Waals surface area contributed by atoms with E-state index in [9.17, 15) is 4.39 Å².